The maximum absolute atomic E-state index is 12.0. The summed E-state index contributed by atoms with van der Waals surface area (Å²) in [6, 6.07) is 18.8. The Hall–Kier alpha value is -2.33. The molecule has 3 aromatic rings. The van der Waals surface area contributed by atoms with Gasteiger partial charge in [-0.3, -0.25) is 4.79 Å². The van der Waals surface area contributed by atoms with Crippen molar-refractivity contribution in [2.75, 3.05) is 0 Å². The van der Waals surface area contributed by atoms with Crippen LogP contribution in [-0.4, -0.2) is 10.5 Å². The quantitative estimate of drug-likeness (QED) is 0.488. The zero-order valence-corrected chi connectivity index (χ0v) is 17.4. The van der Waals surface area contributed by atoms with Gasteiger partial charge >= 0.3 is 0 Å². The molecule has 0 aliphatic carbocycles. The molecule has 0 radical (unpaired) electrons. The molecule has 4 heteroatoms. The van der Waals surface area contributed by atoms with Gasteiger partial charge in [-0.15, -0.1) is 0 Å². The number of benzene rings is 2. The zero-order valence-electron chi connectivity index (χ0n) is 15.8. The first-order chi connectivity index (χ1) is 13.0. The number of carbonyl (C=O) groups is 1. The van der Waals surface area contributed by atoms with E-state index in [0.717, 1.165) is 52.8 Å². The van der Waals surface area contributed by atoms with E-state index in [4.69, 9.17) is 5.73 Å². The van der Waals surface area contributed by atoms with E-state index in [0.29, 0.717) is 5.56 Å². The van der Waals surface area contributed by atoms with Gasteiger partial charge < -0.3 is 10.3 Å². The molecule has 0 spiro atoms. The van der Waals surface area contributed by atoms with Gasteiger partial charge in [0.25, 0.3) is 5.91 Å². The summed E-state index contributed by atoms with van der Waals surface area (Å²) in [5, 5.41) is 0. The first kappa shape index (κ1) is 19.4. The van der Waals surface area contributed by atoms with Crippen LogP contribution in [0.15, 0.2) is 59.1 Å². The van der Waals surface area contributed by atoms with Crippen LogP contribution >= 0.6 is 15.9 Å². The summed E-state index contributed by atoms with van der Waals surface area (Å²) in [4.78, 5) is 12.0. The van der Waals surface area contributed by atoms with Crippen LogP contribution in [0.3, 0.4) is 0 Å². The molecular formula is C23H25BrN2O. The fraction of sp³-hybridized carbons (Fsp3) is 0.261. The molecule has 2 N–H and O–H groups in total. The smallest absolute Gasteiger partial charge is 0.250 e. The van der Waals surface area contributed by atoms with Gasteiger partial charge in [-0.25, -0.2) is 0 Å². The van der Waals surface area contributed by atoms with Gasteiger partial charge in [0.1, 0.15) is 0 Å². The molecule has 0 atom stereocenters. The Balaban J connectivity index is 1.85. The van der Waals surface area contributed by atoms with Crippen molar-refractivity contribution in [3.63, 3.8) is 0 Å². The van der Waals surface area contributed by atoms with Gasteiger partial charge in [0.15, 0.2) is 0 Å². The van der Waals surface area contributed by atoms with Crippen LogP contribution in [-0.2, 0) is 13.0 Å². The van der Waals surface area contributed by atoms with Crippen molar-refractivity contribution >= 4 is 21.8 Å². The van der Waals surface area contributed by atoms with E-state index >= 15 is 0 Å². The van der Waals surface area contributed by atoms with Crippen LogP contribution in [0.2, 0.25) is 0 Å². The Labute approximate surface area is 169 Å². The number of amides is 1. The Kier molecular flexibility index (Phi) is 6.17. The Morgan fingerprint density at radius 1 is 1.00 bits per heavy atom. The zero-order chi connectivity index (χ0) is 19.4. The maximum atomic E-state index is 12.0. The summed E-state index contributed by atoms with van der Waals surface area (Å²) >= 11 is 3.49. The van der Waals surface area contributed by atoms with Gasteiger partial charge in [0, 0.05) is 16.7 Å². The highest BCUT2D eigenvalue weighted by atomic mass is 79.9. The van der Waals surface area contributed by atoms with E-state index in [-0.39, 0.29) is 5.91 Å². The minimum atomic E-state index is -0.355. The molecule has 0 unspecified atom stereocenters. The van der Waals surface area contributed by atoms with Crippen LogP contribution in [0.1, 0.15) is 40.0 Å². The number of rotatable bonds is 7. The second-order valence-electron chi connectivity index (χ2n) is 6.90. The van der Waals surface area contributed by atoms with Crippen LogP contribution in [0.25, 0.3) is 11.3 Å². The van der Waals surface area contributed by atoms with Gasteiger partial charge in [-0.05, 0) is 61.9 Å². The average Bonchev–Trinajstić information content (AvgIpc) is 2.90. The monoisotopic (exact) mass is 424 g/mol. The number of nitrogens with zero attached hydrogens (tertiary/aromatic N) is 1. The highest BCUT2D eigenvalue weighted by molar-refractivity contribution is 9.10. The number of nitrogens with two attached hydrogens (primary N) is 1. The van der Waals surface area contributed by atoms with Crippen molar-refractivity contribution in [2.24, 2.45) is 5.73 Å². The van der Waals surface area contributed by atoms with Gasteiger partial charge in [0.05, 0.1) is 11.3 Å². The number of hydrogen-bond donors (Lipinski definition) is 1. The second-order valence-corrected chi connectivity index (χ2v) is 7.82. The lowest BCUT2D eigenvalue weighted by atomic mass is 10.0. The summed E-state index contributed by atoms with van der Waals surface area (Å²) in [5.74, 6) is -0.355. The Morgan fingerprint density at radius 2 is 1.67 bits per heavy atom. The van der Waals surface area contributed by atoms with E-state index < -0.39 is 0 Å². The molecule has 1 aromatic heterocycles. The molecule has 0 fully saturated rings. The molecule has 3 nitrogen and oxygen atoms in total. The van der Waals surface area contributed by atoms with Crippen molar-refractivity contribution in [3.8, 4) is 11.3 Å². The van der Waals surface area contributed by atoms with E-state index in [1.165, 1.54) is 5.56 Å². The number of hydrogen-bond acceptors (Lipinski definition) is 1. The number of unbranched alkanes of at least 4 members (excludes halogenated alkanes) is 1. The van der Waals surface area contributed by atoms with Crippen LogP contribution in [0.5, 0.6) is 0 Å². The normalized spacial score (nSPS) is 10.9. The van der Waals surface area contributed by atoms with Crippen LogP contribution in [0, 0.1) is 13.8 Å². The molecule has 0 bridgehead atoms. The minimum Gasteiger partial charge on any atom is -0.366 e. The van der Waals surface area contributed by atoms with Crippen molar-refractivity contribution in [1.29, 1.82) is 0 Å². The molecule has 0 saturated carbocycles. The molecular weight excluding hydrogens is 400 g/mol. The Bertz CT molecular complexity index is 927. The molecule has 27 heavy (non-hydrogen) atoms. The first-order valence-electron chi connectivity index (χ1n) is 9.28. The van der Waals surface area contributed by atoms with Crippen molar-refractivity contribution in [2.45, 2.75) is 39.7 Å². The number of carbonyl (C=O) groups excluding carboxylic acids is 1. The van der Waals surface area contributed by atoms with Crippen molar-refractivity contribution in [1.82, 2.24) is 4.57 Å². The number of aromatic nitrogens is 1. The predicted molar refractivity (Wildman–Crippen MR) is 115 cm³/mol. The van der Waals surface area contributed by atoms with Gasteiger partial charge in [0.2, 0.25) is 0 Å². The largest absolute Gasteiger partial charge is 0.366 e. The number of primary amides is 1. The lowest BCUT2D eigenvalue weighted by Gasteiger charge is -2.13. The third kappa shape index (κ3) is 4.33. The van der Waals surface area contributed by atoms with E-state index in [1.807, 2.05) is 32.0 Å². The van der Waals surface area contributed by atoms with Crippen LogP contribution < -0.4 is 5.73 Å². The Morgan fingerprint density at radius 3 is 2.30 bits per heavy atom. The number of halogens is 1. The third-order valence-electron chi connectivity index (χ3n) is 5.07. The molecule has 3 rings (SSSR count). The number of aryl methyl sites for hydroxylation is 1. The summed E-state index contributed by atoms with van der Waals surface area (Å²) in [6.45, 7) is 4.86. The average molecular weight is 425 g/mol. The predicted octanol–water partition coefficient (Wildman–Crippen LogP) is 5.66. The van der Waals surface area contributed by atoms with E-state index in [9.17, 15) is 4.79 Å². The highest BCUT2D eigenvalue weighted by Gasteiger charge is 2.21. The summed E-state index contributed by atoms with van der Waals surface area (Å²) in [7, 11) is 0. The molecule has 1 heterocycles. The van der Waals surface area contributed by atoms with Gasteiger partial charge in [-0.2, -0.15) is 0 Å². The second kappa shape index (κ2) is 8.57. The first-order valence-corrected chi connectivity index (χ1v) is 10.1. The van der Waals surface area contributed by atoms with Crippen molar-refractivity contribution in [3.05, 3.63) is 81.5 Å². The molecule has 0 saturated heterocycles. The standard InChI is InChI=1S/C23H25BrN2O/c1-16-21(23(25)27)17(2)26(22(16)19-11-13-20(24)14-12-19)15-7-6-10-18-8-4-3-5-9-18/h3-5,8-9,11-14H,6-7,10,15H2,1-2H3,(H2,25,27). The summed E-state index contributed by atoms with van der Waals surface area (Å²) in [5.41, 5.74) is 11.8. The topological polar surface area (TPSA) is 48.0 Å². The molecule has 1 amide bonds. The lowest BCUT2D eigenvalue weighted by molar-refractivity contribution is 0.0999. The van der Waals surface area contributed by atoms with E-state index in [2.05, 4.69) is 56.9 Å². The fourth-order valence-corrected chi connectivity index (χ4v) is 4.03. The van der Waals surface area contributed by atoms with Crippen LogP contribution in [0.4, 0.5) is 0 Å². The molecule has 2 aromatic carbocycles. The van der Waals surface area contributed by atoms with E-state index in [1.54, 1.807) is 0 Å². The molecule has 140 valence electrons. The van der Waals surface area contributed by atoms with Gasteiger partial charge in [-0.1, -0.05) is 58.4 Å². The lowest BCUT2D eigenvalue weighted by Crippen LogP contribution is -2.13. The summed E-state index contributed by atoms with van der Waals surface area (Å²) < 4.78 is 3.29. The molecule has 0 aliphatic rings. The fourth-order valence-electron chi connectivity index (χ4n) is 3.76. The third-order valence-corrected chi connectivity index (χ3v) is 5.60. The highest BCUT2D eigenvalue weighted by Crippen LogP contribution is 2.32. The maximum Gasteiger partial charge on any atom is 0.250 e. The molecule has 0 aliphatic heterocycles. The minimum absolute atomic E-state index is 0.355. The SMILES string of the molecule is Cc1c(C(N)=O)c(C)n(CCCCc2ccccc2)c1-c1ccc(Br)cc1. The summed E-state index contributed by atoms with van der Waals surface area (Å²) in [6.07, 6.45) is 3.22. The van der Waals surface area contributed by atoms with Crippen molar-refractivity contribution < 1.29 is 4.79 Å².